The van der Waals surface area contributed by atoms with E-state index in [0.29, 0.717) is 12.5 Å². The summed E-state index contributed by atoms with van der Waals surface area (Å²) in [5.74, 6) is 1.49. The Bertz CT molecular complexity index is 616. The summed E-state index contributed by atoms with van der Waals surface area (Å²) >= 11 is 0. The summed E-state index contributed by atoms with van der Waals surface area (Å²) in [6.07, 6.45) is 2.31. The van der Waals surface area contributed by atoms with E-state index in [1.54, 1.807) is 7.05 Å². The molecule has 0 saturated carbocycles. The second-order valence-corrected chi connectivity index (χ2v) is 8.09. The third kappa shape index (κ3) is 10.7. The van der Waals surface area contributed by atoms with Gasteiger partial charge in [-0.1, -0.05) is 38.1 Å². The van der Waals surface area contributed by atoms with Crippen molar-refractivity contribution in [3.63, 3.8) is 0 Å². The highest BCUT2D eigenvalue weighted by Gasteiger charge is 2.08. The fourth-order valence-corrected chi connectivity index (χ4v) is 2.94. The van der Waals surface area contributed by atoms with E-state index in [-0.39, 0.29) is 29.7 Å². The molecule has 0 aliphatic rings. The number of rotatable bonds is 9. The zero-order valence-corrected chi connectivity index (χ0v) is 18.6. The van der Waals surface area contributed by atoms with Crippen LogP contribution in [0.25, 0.3) is 0 Å². The molecule has 25 heavy (non-hydrogen) atoms. The largest absolute Gasteiger partial charge is 0.356 e. The molecule has 0 heterocycles. The minimum Gasteiger partial charge on any atom is -0.356 e. The van der Waals surface area contributed by atoms with E-state index in [1.165, 1.54) is 13.5 Å². The van der Waals surface area contributed by atoms with E-state index < -0.39 is 10.0 Å². The Kier molecular flexibility index (Phi) is 12.0. The van der Waals surface area contributed by atoms with Gasteiger partial charge < -0.3 is 10.6 Å². The van der Waals surface area contributed by atoms with Gasteiger partial charge in [0.05, 0.1) is 5.75 Å². The van der Waals surface area contributed by atoms with Gasteiger partial charge in [0, 0.05) is 20.1 Å². The molecule has 0 bridgehead atoms. The number of hydrogen-bond donors (Lipinski definition) is 3. The third-order valence-electron chi connectivity index (χ3n) is 3.62. The molecular weight excluding hydrogens is 451 g/mol. The number of sulfonamides is 1. The van der Waals surface area contributed by atoms with Crippen LogP contribution in [0.3, 0.4) is 0 Å². The molecule has 6 nitrogen and oxygen atoms in total. The second kappa shape index (κ2) is 12.5. The molecule has 0 aliphatic carbocycles. The Morgan fingerprint density at radius 2 is 1.72 bits per heavy atom. The van der Waals surface area contributed by atoms with Crippen molar-refractivity contribution >= 4 is 40.0 Å². The minimum absolute atomic E-state index is 0. The number of nitrogens with zero attached hydrogens (tertiary/aromatic N) is 1. The summed E-state index contributed by atoms with van der Waals surface area (Å²) in [7, 11) is -0.0514. The van der Waals surface area contributed by atoms with Crippen molar-refractivity contribution in [3.8, 4) is 0 Å². The van der Waals surface area contributed by atoms with Crippen LogP contribution in [-0.4, -0.2) is 35.0 Å². The van der Waals surface area contributed by atoms with Gasteiger partial charge in [-0.05, 0) is 36.9 Å². The monoisotopic (exact) mass is 482 g/mol. The van der Waals surface area contributed by atoms with Crippen molar-refractivity contribution in [1.29, 1.82) is 0 Å². The normalized spacial score (nSPS) is 12.0. The summed E-state index contributed by atoms with van der Waals surface area (Å²) in [6, 6.07) is 7.54. The average Bonchev–Trinajstić information content (AvgIpc) is 2.55. The van der Waals surface area contributed by atoms with Crippen LogP contribution in [0, 0.1) is 5.92 Å². The summed E-state index contributed by atoms with van der Waals surface area (Å²) in [5, 5.41) is 6.56. The van der Waals surface area contributed by atoms with E-state index in [4.69, 9.17) is 0 Å². The van der Waals surface area contributed by atoms with Crippen molar-refractivity contribution in [1.82, 2.24) is 15.4 Å². The molecule has 0 aromatic heterocycles. The Morgan fingerprint density at radius 1 is 1.12 bits per heavy atom. The molecule has 0 fully saturated rings. The summed E-state index contributed by atoms with van der Waals surface area (Å²) in [4.78, 5) is 4.20. The molecular formula is C17H31IN4O2S. The predicted molar refractivity (Wildman–Crippen MR) is 116 cm³/mol. The van der Waals surface area contributed by atoms with Gasteiger partial charge in [0.25, 0.3) is 0 Å². The maximum atomic E-state index is 11.5. The molecule has 0 amide bonds. The molecule has 0 unspecified atom stereocenters. The molecule has 0 saturated heterocycles. The van der Waals surface area contributed by atoms with Crippen molar-refractivity contribution in [3.05, 3.63) is 35.4 Å². The molecule has 144 valence electrons. The first-order valence-corrected chi connectivity index (χ1v) is 9.95. The Labute approximate surface area is 169 Å². The Hall–Kier alpha value is -0.870. The van der Waals surface area contributed by atoms with Gasteiger partial charge in [0.1, 0.15) is 0 Å². The van der Waals surface area contributed by atoms with Crippen LogP contribution in [0.15, 0.2) is 29.3 Å². The lowest BCUT2D eigenvalue weighted by atomic mass is 10.1. The fourth-order valence-electron chi connectivity index (χ4n) is 2.17. The first-order valence-electron chi connectivity index (χ1n) is 8.30. The summed E-state index contributed by atoms with van der Waals surface area (Å²) in [5.41, 5.74) is 1.84. The highest BCUT2D eigenvalue weighted by Crippen LogP contribution is 2.07. The lowest BCUT2D eigenvalue weighted by Crippen LogP contribution is -2.37. The number of guanidine groups is 1. The summed E-state index contributed by atoms with van der Waals surface area (Å²) in [6.45, 7) is 5.98. The zero-order valence-electron chi connectivity index (χ0n) is 15.5. The first-order chi connectivity index (χ1) is 11.4. The summed E-state index contributed by atoms with van der Waals surface area (Å²) < 4.78 is 25.4. The van der Waals surface area contributed by atoms with Gasteiger partial charge in [-0.15, -0.1) is 24.0 Å². The maximum Gasteiger partial charge on any atom is 0.215 e. The van der Waals surface area contributed by atoms with E-state index in [2.05, 4.69) is 34.2 Å². The highest BCUT2D eigenvalue weighted by molar-refractivity contribution is 14.0. The smallest absolute Gasteiger partial charge is 0.215 e. The van der Waals surface area contributed by atoms with Crippen molar-refractivity contribution < 1.29 is 8.42 Å². The van der Waals surface area contributed by atoms with E-state index in [9.17, 15) is 8.42 Å². The van der Waals surface area contributed by atoms with Crippen LogP contribution in [0.5, 0.6) is 0 Å². The molecule has 0 aliphatic heterocycles. The first kappa shape index (κ1) is 24.1. The number of aliphatic imine (C=N–C) groups is 1. The van der Waals surface area contributed by atoms with Gasteiger partial charge in [-0.2, -0.15) is 0 Å². The van der Waals surface area contributed by atoms with Crippen LogP contribution >= 0.6 is 24.0 Å². The third-order valence-corrected chi connectivity index (χ3v) is 4.96. The van der Waals surface area contributed by atoms with Crippen LogP contribution in [-0.2, 0) is 22.3 Å². The molecule has 1 aromatic carbocycles. The predicted octanol–water partition coefficient (Wildman–Crippen LogP) is 2.46. The zero-order chi connectivity index (χ0) is 18.0. The highest BCUT2D eigenvalue weighted by atomic mass is 127. The fraction of sp³-hybridized carbons (Fsp3) is 0.588. The lowest BCUT2D eigenvalue weighted by Gasteiger charge is -2.13. The molecule has 0 spiro atoms. The van der Waals surface area contributed by atoms with Crippen molar-refractivity contribution in [2.24, 2.45) is 10.9 Å². The molecule has 0 radical (unpaired) electrons. The number of halogens is 1. The average molecular weight is 482 g/mol. The van der Waals surface area contributed by atoms with Gasteiger partial charge in [0.15, 0.2) is 5.96 Å². The van der Waals surface area contributed by atoms with Crippen molar-refractivity contribution in [2.75, 3.05) is 20.6 Å². The molecule has 3 N–H and O–H groups in total. The Balaban J connectivity index is 0.00000576. The van der Waals surface area contributed by atoms with Crippen LogP contribution in [0.1, 0.15) is 37.8 Å². The lowest BCUT2D eigenvalue weighted by molar-refractivity contribution is 0.549. The number of hydrogen-bond acceptors (Lipinski definition) is 3. The van der Waals surface area contributed by atoms with E-state index in [1.807, 2.05) is 24.3 Å². The van der Waals surface area contributed by atoms with Crippen LogP contribution in [0.2, 0.25) is 0 Å². The molecule has 8 heteroatoms. The Morgan fingerprint density at radius 3 is 2.24 bits per heavy atom. The van der Waals surface area contributed by atoms with Gasteiger partial charge in [-0.25, -0.2) is 13.1 Å². The van der Waals surface area contributed by atoms with Crippen LogP contribution in [0.4, 0.5) is 0 Å². The minimum atomic E-state index is -3.23. The molecule has 0 atom stereocenters. The topological polar surface area (TPSA) is 82.6 Å². The SMILES string of the molecule is CN=C(NCCCC(C)C)NCc1ccc(CS(=O)(=O)NC)cc1.I. The van der Waals surface area contributed by atoms with Crippen molar-refractivity contribution in [2.45, 2.75) is 39.0 Å². The van der Waals surface area contributed by atoms with Gasteiger partial charge in [0.2, 0.25) is 10.0 Å². The molecule has 1 aromatic rings. The van der Waals surface area contributed by atoms with Gasteiger partial charge in [-0.3, -0.25) is 4.99 Å². The number of nitrogens with one attached hydrogen (secondary N) is 3. The van der Waals surface area contributed by atoms with Crippen LogP contribution < -0.4 is 15.4 Å². The van der Waals surface area contributed by atoms with Gasteiger partial charge >= 0.3 is 0 Å². The van der Waals surface area contributed by atoms with E-state index in [0.717, 1.165) is 30.1 Å². The van der Waals surface area contributed by atoms with E-state index >= 15 is 0 Å². The second-order valence-electron chi connectivity index (χ2n) is 6.17. The maximum absolute atomic E-state index is 11.5. The quantitative estimate of drug-likeness (QED) is 0.219. The molecule has 1 rings (SSSR count). The standard InChI is InChI=1S/C17H30N4O2S.HI/c1-14(2)6-5-11-20-17(18-3)21-12-15-7-9-16(10-8-15)13-24(22,23)19-4;/h7-10,14,19H,5-6,11-13H2,1-4H3,(H2,18,20,21);1H. The number of benzene rings is 1.